The van der Waals surface area contributed by atoms with Crippen LogP contribution in [0.1, 0.15) is 27.7 Å². The zero-order chi connectivity index (χ0) is 20.1. The van der Waals surface area contributed by atoms with Crippen LogP contribution in [0.15, 0.2) is 35.1 Å². The molecule has 12 heteroatoms. The number of aryl methyl sites for hydroxylation is 2. The fourth-order valence-electron chi connectivity index (χ4n) is 1.80. The second kappa shape index (κ2) is 8.75. The fraction of sp³-hybridized carbons (Fsp3) is 0.571. The number of sulfonamides is 2. The highest BCUT2D eigenvalue weighted by molar-refractivity contribution is 7.89. The third-order valence-electron chi connectivity index (χ3n) is 2.69. The summed E-state index contributed by atoms with van der Waals surface area (Å²) in [6.45, 7) is 7.06. The zero-order valence-corrected chi connectivity index (χ0v) is 17.3. The van der Waals surface area contributed by atoms with Crippen LogP contribution < -0.4 is 9.44 Å². The SMILES string of the molecule is CC(C)NS(=O)(=O)c1cn(C)cn1.CC(C)NS(=O)(=O)c1cn(C)cn1. The maximum atomic E-state index is 11.5. The molecule has 0 unspecified atom stereocenters. The van der Waals surface area contributed by atoms with Gasteiger partial charge in [-0.2, -0.15) is 0 Å². The van der Waals surface area contributed by atoms with Crippen LogP contribution in [0.3, 0.4) is 0 Å². The second-order valence-electron chi connectivity index (χ2n) is 6.31. The van der Waals surface area contributed by atoms with Crippen molar-refractivity contribution in [3.05, 3.63) is 25.0 Å². The fourth-order valence-corrected chi connectivity index (χ4v) is 4.26. The first-order chi connectivity index (χ1) is 11.8. The van der Waals surface area contributed by atoms with Gasteiger partial charge in [0.2, 0.25) is 0 Å². The maximum Gasteiger partial charge on any atom is 0.259 e. The molecule has 0 aliphatic carbocycles. The van der Waals surface area contributed by atoms with Gasteiger partial charge in [0.25, 0.3) is 20.0 Å². The van der Waals surface area contributed by atoms with Gasteiger partial charge >= 0.3 is 0 Å². The first kappa shape index (κ1) is 22.3. The Bertz CT molecular complexity index is 837. The van der Waals surface area contributed by atoms with Crippen molar-refractivity contribution in [1.29, 1.82) is 0 Å². The summed E-state index contributed by atoms with van der Waals surface area (Å²) in [5, 5.41) is 0.118. The third kappa shape index (κ3) is 6.86. The Labute approximate surface area is 154 Å². The summed E-state index contributed by atoms with van der Waals surface area (Å²) >= 11 is 0. The number of rotatable bonds is 6. The standard InChI is InChI=1S/2C7H13N3O2S/c2*1-6(2)9-13(11,12)7-4-10(3)5-8-7/h2*4-6,9H,1-3H3. The molecule has 0 fully saturated rings. The molecule has 26 heavy (non-hydrogen) atoms. The molecule has 2 aromatic rings. The van der Waals surface area contributed by atoms with E-state index in [0.717, 1.165) is 0 Å². The van der Waals surface area contributed by atoms with E-state index in [9.17, 15) is 16.8 Å². The van der Waals surface area contributed by atoms with Crippen molar-refractivity contribution in [2.75, 3.05) is 0 Å². The van der Waals surface area contributed by atoms with E-state index in [1.54, 1.807) is 50.9 Å². The first-order valence-corrected chi connectivity index (χ1v) is 10.8. The van der Waals surface area contributed by atoms with E-state index in [-0.39, 0.29) is 22.1 Å². The monoisotopic (exact) mass is 406 g/mol. The van der Waals surface area contributed by atoms with Gasteiger partial charge in [-0.05, 0) is 27.7 Å². The van der Waals surface area contributed by atoms with Gasteiger partial charge in [0.05, 0.1) is 12.7 Å². The van der Waals surface area contributed by atoms with Gasteiger partial charge in [-0.3, -0.25) is 0 Å². The van der Waals surface area contributed by atoms with Crippen LogP contribution in [0.2, 0.25) is 0 Å². The zero-order valence-electron chi connectivity index (χ0n) is 15.7. The molecular formula is C14H26N6O4S2. The Balaban J connectivity index is 0.000000260. The third-order valence-corrected chi connectivity index (χ3v) is 5.78. The Morgan fingerprint density at radius 2 is 1.08 bits per heavy atom. The maximum absolute atomic E-state index is 11.5. The van der Waals surface area contributed by atoms with Crippen LogP contribution in [-0.4, -0.2) is 48.0 Å². The summed E-state index contributed by atoms with van der Waals surface area (Å²) in [5.41, 5.74) is 0. The van der Waals surface area contributed by atoms with Crippen molar-refractivity contribution < 1.29 is 16.8 Å². The van der Waals surface area contributed by atoms with Crippen molar-refractivity contribution in [2.24, 2.45) is 14.1 Å². The number of hydrogen-bond donors (Lipinski definition) is 2. The van der Waals surface area contributed by atoms with Crippen molar-refractivity contribution in [3.8, 4) is 0 Å². The summed E-state index contributed by atoms with van der Waals surface area (Å²) in [6, 6.07) is -0.237. The van der Waals surface area contributed by atoms with Gasteiger partial charge in [-0.25, -0.2) is 36.2 Å². The van der Waals surface area contributed by atoms with Gasteiger partial charge in [0, 0.05) is 38.6 Å². The number of nitrogens with zero attached hydrogens (tertiary/aromatic N) is 4. The summed E-state index contributed by atoms with van der Waals surface area (Å²) in [5.74, 6) is 0. The van der Waals surface area contributed by atoms with Gasteiger partial charge in [-0.15, -0.1) is 0 Å². The van der Waals surface area contributed by atoms with E-state index >= 15 is 0 Å². The predicted octanol–water partition coefficient (Wildman–Crippen LogP) is 0.214. The molecule has 10 nitrogen and oxygen atoms in total. The smallest absolute Gasteiger partial charge is 0.259 e. The Morgan fingerprint density at radius 3 is 1.27 bits per heavy atom. The molecule has 2 N–H and O–H groups in total. The molecule has 2 aromatic heterocycles. The molecule has 0 radical (unpaired) electrons. The number of nitrogens with one attached hydrogen (secondary N) is 2. The number of aromatic nitrogens is 4. The van der Waals surface area contributed by atoms with Gasteiger partial charge < -0.3 is 9.13 Å². The predicted molar refractivity (Wildman–Crippen MR) is 97.3 cm³/mol. The van der Waals surface area contributed by atoms with Crippen molar-refractivity contribution >= 4 is 20.0 Å². The summed E-state index contributed by atoms with van der Waals surface area (Å²) < 4.78 is 54.0. The first-order valence-electron chi connectivity index (χ1n) is 7.84. The molecule has 0 bridgehead atoms. The van der Waals surface area contributed by atoms with Crippen molar-refractivity contribution in [2.45, 2.75) is 49.8 Å². The minimum atomic E-state index is -3.42. The second-order valence-corrected chi connectivity index (χ2v) is 9.63. The van der Waals surface area contributed by atoms with Crippen LogP contribution in [0.5, 0.6) is 0 Å². The lowest BCUT2D eigenvalue weighted by atomic mass is 10.4. The van der Waals surface area contributed by atoms with E-state index in [0.29, 0.717) is 0 Å². The molecule has 0 aliphatic heterocycles. The Kier molecular flexibility index (Phi) is 7.50. The van der Waals surface area contributed by atoms with Crippen LogP contribution in [-0.2, 0) is 34.1 Å². The van der Waals surface area contributed by atoms with Crippen LogP contribution in [0, 0.1) is 0 Å². The average molecular weight is 407 g/mol. The minimum absolute atomic E-state index is 0.0590. The molecule has 0 saturated heterocycles. The summed E-state index contributed by atoms with van der Waals surface area (Å²) in [4.78, 5) is 7.51. The van der Waals surface area contributed by atoms with Crippen LogP contribution in [0.25, 0.3) is 0 Å². The minimum Gasteiger partial charge on any atom is -0.339 e. The molecular weight excluding hydrogens is 380 g/mol. The van der Waals surface area contributed by atoms with Gasteiger partial charge in [0.15, 0.2) is 10.1 Å². The molecule has 0 aromatic carbocycles. The highest BCUT2D eigenvalue weighted by Gasteiger charge is 2.18. The summed E-state index contributed by atoms with van der Waals surface area (Å²) in [6.07, 6.45) is 5.83. The van der Waals surface area contributed by atoms with E-state index in [4.69, 9.17) is 0 Å². The lowest BCUT2D eigenvalue weighted by Gasteiger charge is -2.06. The lowest BCUT2D eigenvalue weighted by molar-refractivity contribution is 0.564. The van der Waals surface area contributed by atoms with E-state index < -0.39 is 20.0 Å². The Morgan fingerprint density at radius 1 is 0.769 bits per heavy atom. The quantitative estimate of drug-likeness (QED) is 0.706. The molecule has 0 amide bonds. The largest absolute Gasteiger partial charge is 0.339 e. The van der Waals surface area contributed by atoms with Crippen LogP contribution in [0.4, 0.5) is 0 Å². The highest BCUT2D eigenvalue weighted by atomic mass is 32.2. The topological polar surface area (TPSA) is 128 Å². The average Bonchev–Trinajstić information content (AvgIpc) is 3.06. The molecule has 0 atom stereocenters. The van der Waals surface area contributed by atoms with Gasteiger partial charge in [-0.1, -0.05) is 0 Å². The highest BCUT2D eigenvalue weighted by Crippen LogP contribution is 2.05. The van der Waals surface area contributed by atoms with E-state index in [1.165, 1.54) is 25.0 Å². The van der Waals surface area contributed by atoms with E-state index in [1.807, 2.05) is 0 Å². The molecule has 0 saturated carbocycles. The van der Waals surface area contributed by atoms with E-state index in [2.05, 4.69) is 19.4 Å². The molecule has 0 spiro atoms. The normalized spacial score (nSPS) is 12.3. The van der Waals surface area contributed by atoms with Crippen molar-refractivity contribution in [3.63, 3.8) is 0 Å². The van der Waals surface area contributed by atoms with Crippen molar-refractivity contribution in [1.82, 2.24) is 28.5 Å². The Hall–Kier alpha value is -1.76. The summed E-state index contributed by atoms with van der Waals surface area (Å²) in [7, 11) is -3.39. The van der Waals surface area contributed by atoms with Gasteiger partial charge in [0.1, 0.15) is 0 Å². The number of imidazole rings is 2. The van der Waals surface area contributed by atoms with Crippen LogP contribution >= 0.6 is 0 Å². The number of hydrogen-bond acceptors (Lipinski definition) is 6. The molecule has 2 heterocycles. The lowest BCUT2D eigenvalue weighted by Crippen LogP contribution is -2.30. The molecule has 2 rings (SSSR count). The molecule has 148 valence electrons. The molecule has 0 aliphatic rings.